The van der Waals surface area contributed by atoms with Gasteiger partial charge in [-0.05, 0) is 39.8 Å². The van der Waals surface area contributed by atoms with E-state index in [2.05, 4.69) is 43.0 Å². The molecule has 1 aliphatic heterocycles. The number of nitrogens with one attached hydrogen (secondary N) is 1. The maximum atomic E-state index is 6.08. The van der Waals surface area contributed by atoms with Crippen LogP contribution in [0.4, 0.5) is 5.82 Å². The fourth-order valence-corrected chi connectivity index (χ4v) is 2.93. The fourth-order valence-electron chi connectivity index (χ4n) is 2.93. The van der Waals surface area contributed by atoms with Gasteiger partial charge in [0.1, 0.15) is 5.82 Å². The van der Waals surface area contributed by atoms with E-state index < -0.39 is 0 Å². The molecular formula is C14H24N4O. The van der Waals surface area contributed by atoms with Crippen LogP contribution in [0.2, 0.25) is 0 Å². The molecule has 0 spiro atoms. The third-order valence-electron chi connectivity index (χ3n) is 3.10. The molecule has 2 heterocycles. The van der Waals surface area contributed by atoms with Crippen molar-refractivity contribution < 1.29 is 4.74 Å². The van der Waals surface area contributed by atoms with Crippen LogP contribution >= 0.6 is 0 Å². The molecule has 0 radical (unpaired) electrons. The third kappa shape index (κ3) is 3.89. The Morgan fingerprint density at radius 1 is 1.26 bits per heavy atom. The maximum Gasteiger partial charge on any atom is 0.140 e. The van der Waals surface area contributed by atoms with E-state index in [1.54, 1.807) is 0 Å². The lowest BCUT2D eigenvalue weighted by Crippen LogP contribution is -2.56. The summed E-state index contributed by atoms with van der Waals surface area (Å²) in [5, 5.41) is 0. The van der Waals surface area contributed by atoms with Gasteiger partial charge in [-0.25, -0.2) is 10.8 Å². The van der Waals surface area contributed by atoms with E-state index in [1.807, 2.05) is 18.2 Å². The number of pyridine rings is 1. The first-order valence-corrected chi connectivity index (χ1v) is 6.65. The Hall–Kier alpha value is -1.17. The van der Waals surface area contributed by atoms with Crippen LogP contribution in [-0.4, -0.2) is 34.2 Å². The van der Waals surface area contributed by atoms with Crippen molar-refractivity contribution in [2.45, 2.75) is 45.4 Å². The summed E-state index contributed by atoms with van der Waals surface area (Å²) in [6.07, 6.45) is 0. The number of nitrogens with zero attached hydrogens (tertiary/aromatic N) is 2. The Morgan fingerprint density at radius 3 is 2.47 bits per heavy atom. The SMILES string of the molecule is CC1(C)CN(Cc2cccc(NN)n2)CC(C)(C)O1. The number of anilines is 1. The Kier molecular flexibility index (Phi) is 3.80. The molecule has 1 saturated heterocycles. The lowest BCUT2D eigenvalue weighted by molar-refractivity contribution is -0.182. The zero-order chi connectivity index (χ0) is 14.1. The van der Waals surface area contributed by atoms with E-state index in [0.29, 0.717) is 5.82 Å². The molecule has 5 heteroatoms. The average Bonchev–Trinajstić information content (AvgIpc) is 2.24. The van der Waals surface area contributed by atoms with Crippen molar-refractivity contribution in [1.82, 2.24) is 9.88 Å². The van der Waals surface area contributed by atoms with Gasteiger partial charge in [0.15, 0.2) is 0 Å². The van der Waals surface area contributed by atoms with Crippen LogP contribution in [0.25, 0.3) is 0 Å². The Labute approximate surface area is 115 Å². The summed E-state index contributed by atoms with van der Waals surface area (Å²) in [4.78, 5) is 6.84. The number of nitrogen functional groups attached to an aromatic ring is 1. The smallest absolute Gasteiger partial charge is 0.140 e. The second-order valence-electron chi connectivity index (χ2n) is 6.43. The number of hydrogen-bond acceptors (Lipinski definition) is 5. The van der Waals surface area contributed by atoms with Crippen molar-refractivity contribution in [3.63, 3.8) is 0 Å². The first-order chi connectivity index (χ1) is 8.80. The lowest BCUT2D eigenvalue weighted by Gasteiger charge is -2.47. The van der Waals surface area contributed by atoms with Gasteiger partial charge in [-0.3, -0.25) is 4.90 Å². The molecule has 19 heavy (non-hydrogen) atoms. The molecule has 1 fully saturated rings. The van der Waals surface area contributed by atoms with Crippen molar-refractivity contribution in [3.8, 4) is 0 Å². The van der Waals surface area contributed by atoms with Gasteiger partial charge in [-0.1, -0.05) is 6.07 Å². The molecule has 0 bridgehead atoms. The van der Waals surface area contributed by atoms with E-state index in [9.17, 15) is 0 Å². The summed E-state index contributed by atoms with van der Waals surface area (Å²) in [7, 11) is 0. The van der Waals surface area contributed by atoms with Crippen LogP contribution in [-0.2, 0) is 11.3 Å². The quantitative estimate of drug-likeness (QED) is 0.643. The predicted octanol–water partition coefficient (Wildman–Crippen LogP) is 1.76. The van der Waals surface area contributed by atoms with Gasteiger partial charge < -0.3 is 10.2 Å². The van der Waals surface area contributed by atoms with Gasteiger partial charge in [0.05, 0.1) is 16.9 Å². The number of hydrogen-bond donors (Lipinski definition) is 2. The van der Waals surface area contributed by atoms with Crippen LogP contribution in [0.5, 0.6) is 0 Å². The zero-order valence-corrected chi connectivity index (χ0v) is 12.2. The molecule has 0 aliphatic carbocycles. The number of hydrazine groups is 1. The molecule has 1 aliphatic rings. The second kappa shape index (κ2) is 5.07. The van der Waals surface area contributed by atoms with Gasteiger partial charge in [0.2, 0.25) is 0 Å². The molecule has 0 aromatic carbocycles. The maximum absolute atomic E-state index is 6.08. The number of ether oxygens (including phenoxy) is 1. The molecule has 0 saturated carbocycles. The molecule has 5 nitrogen and oxygen atoms in total. The summed E-state index contributed by atoms with van der Waals surface area (Å²) in [6, 6.07) is 5.85. The van der Waals surface area contributed by atoms with Gasteiger partial charge in [-0.15, -0.1) is 0 Å². The normalized spacial score (nSPS) is 22.2. The van der Waals surface area contributed by atoms with Crippen LogP contribution < -0.4 is 11.3 Å². The molecule has 0 unspecified atom stereocenters. The van der Waals surface area contributed by atoms with Gasteiger partial charge in [0, 0.05) is 19.6 Å². The van der Waals surface area contributed by atoms with Gasteiger partial charge >= 0.3 is 0 Å². The van der Waals surface area contributed by atoms with Crippen molar-refractivity contribution in [2.75, 3.05) is 18.5 Å². The van der Waals surface area contributed by atoms with Crippen LogP contribution in [0.15, 0.2) is 18.2 Å². The molecule has 2 rings (SSSR count). The van der Waals surface area contributed by atoms with Crippen LogP contribution in [0.3, 0.4) is 0 Å². The molecule has 3 N–H and O–H groups in total. The first kappa shape index (κ1) is 14.2. The first-order valence-electron chi connectivity index (χ1n) is 6.65. The molecular weight excluding hydrogens is 240 g/mol. The summed E-state index contributed by atoms with van der Waals surface area (Å²) in [5.41, 5.74) is 3.33. The fraction of sp³-hybridized carbons (Fsp3) is 0.643. The highest BCUT2D eigenvalue weighted by Gasteiger charge is 2.37. The topological polar surface area (TPSA) is 63.4 Å². The highest BCUT2D eigenvalue weighted by molar-refractivity contribution is 5.33. The van der Waals surface area contributed by atoms with E-state index >= 15 is 0 Å². The van der Waals surface area contributed by atoms with Crippen molar-refractivity contribution in [3.05, 3.63) is 23.9 Å². The minimum atomic E-state index is -0.133. The number of morpholine rings is 1. The van der Waals surface area contributed by atoms with Crippen molar-refractivity contribution in [1.29, 1.82) is 0 Å². The average molecular weight is 264 g/mol. The minimum Gasteiger partial charge on any atom is -0.367 e. The highest BCUT2D eigenvalue weighted by atomic mass is 16.5. The van der Waals surface area contributed by atoms with Crippen LogP contribution in [0.1, 0.15) is 33.4 Å². The van der Waals surface area contributed by atoms with E-state index in [0.717, 1.165) is 25.3 Å². The second-order valence-corrected chi connectivity index (χ2v) is 6.43. The minimum absolute atomic E-state index is 0.133. The van der Waals surface area contributed by atoms with E-state index in [-0.39, 0.29) is 11.2 Å². The number of nitrogens with two attached hydrogens (primary N) is 1. The van der Waals surface area contributed by atoms with E-state index in [4.69, 9.17) is 10.6 Å². The van der Waals surface area contributed by atoms with Gasteiger partial charge in [0.25, 0.3) is 0 Å². The molecule has 0 amide bonds. The molecule has 0 atom stereocenters. The zero-order valence-electron chi connectivity index (χ0n) is 12.2. The molecule has 106 valence electrons. The Bertz CT molecular complexity index is 429. The van der Waals surface area contributed by atoms with Gasteiger partial charge in [-0.2, -0.15) is 0 Å². The lowest BCUT2D eigenvalue weighted by atomic mass is 9.99. The van der Waals surface area contributed by atoms with Crippen molar-refractivity contribution in [2.24, 2.45) is 5.84 Å². The Morgan fingerprint density at radius 2 is 1.89 bits per heavy atom. The third-order valence-corrected chi connectivity index (χ3v) is 3.10. The summed E-state index contributed by atoms with van der Waals surface area (Å²) >= 11 is 0. The summed E-state index contributed by atoms with van der Waals surface area (Å²) < 4.78 is 6.08. The van der Waals surface area contributed by atoms with Crippen molar-refractivity contribution >= 4 is 5.82 Å². The molecule has 1 aromatic rings. The summed E-state index contributed by atoms with van der Waals surface area (Å²) in [6.45, 7) is 11.1. The molecule has 1 aromatic heterocycles. The summed E-state index contributed by atoms with van der Waals surface area (Å²) in [5.74, 6) is 6.09. The monoisotopic (exact) mass is 264 g/mol. The van der Waals surface area contributed by atoms with E-state index in [1.165, 1.54) is 0 Å². The predicted molar refractivity (Wildman–Crippen MR) is 76.6 cm³/mol. The largest absolute Gasteiger partial charge is 0.367 e. The number of aromatic nitrogens is 1. The Balaban J connectivity index is 2.09. The number of rotatable bonds is 3. The standard InChI is InChI=1S/C14H24N4O/c1-13(2)9-18(10-14(3,4)19-13)8-11-6-5-7-12(16-11)17-15/h5-7H,8-10,15H2,1-4H3,(H,16,17). The van der Waals surface area contributed by atoms with Crippen LogP contribution in [0, 0.1) is 0 Å². The highest BCUT2D eigenvalue weighted by Crippen LogP contribution is 2.28.